The molecule has 1 unspecified atom stereocenters. The van der Waals surface area contributed by atoms with Crippen LogP contribution >= 0.6 is 0 Å². The Labute approximate surface area is 49.8 Å². The number of hydrogen-bond donors (Lipinski definition) is 4. The Morgan fingerprint density at radius 2 is 2.12 bits per heavy atom. The predicted molar refractivity (Wildman–Crippen MR) is 33.5 cm³/mol. The second-order valence-corrected chi connectivity index (χ2v) is 1.35. The van der Waals surface area contributed by atoms with Gasteiger partial charge >= 0.3 is 0 Å². The zero-order valence-corrected chi connectivity index (χ0v) is 5.44. The number of aliphatic hydroxyl groups is 1. The summed E-state index contributed by atoms with van der Waals surface area (Å²) < 4.78 is 0. The van der Waals surface area contributed by atoms with Crippen LogP contribution in [0.3, 0.4) is 0 Å². The van der Waals surface area contributed by atoms with Crippen LogP contribution in [0.5, 0.6) is 0 Å². The van der Waals surface area contributed by atoms with Gasteiger partial charge in [-0.2, -0.15) is 0 Å². The Morgan fingerprint density at radius 1 is 1.62 bits per heavy atom. The van der Waals surface area contributed by atoms with Crippen molar-refractivity contribution in [2.75, 3.05) is 6.54 Å². The van der Waals surface area contributed by atoms with Crippen molar-refractivity contribution in [1.29, 1.82) is 0 Å². The van der Waals surface area contributed by atoms with E-state index in [1.54, 1.807) is 6.92 Å². The van der Waals surface area contributed by atoms with E-state index in [4.69, 9.17) is 5.11 Å². The molecule has 6 N–H and O–H groups in total. The fourth-order valence-electron chi connectivity index (χ4n) is 0.250. The third-order valence-corrected chi connectivity index (χ3v) is 0.488. The summed E-state index contributed by atoms with van der Waals surface area (Å²) >= 11 is 0. The summed E-state index contributed by atoms with van der Waals surface area (Å²) in [5.74, 6) is 0. The molecule has 0 radical (unpaired) electrons. The number of aliphatic hydroxyl groups excluding tert-OH is 1. The molecule has 0 bridgehead atoms. The Balaban J connectivity index is 0. The molecule has 4 nitrogen and oxygen atoms in total. The Morgan fingerprint density at radius 3 is 2.25 bits per heavy atom. The first kappa shape index (κ1) is 10.8. The maximum absolute atomic E-state index is 8.51. The van der Waals surface area contributed by atoms with E-state index in [1.807, 2.05) is 6.92 Å². The number of hydrazine groups is 1. The molecule has 0 spiro atoms. The van der Waals surface area contributed by atoms with E-state index in [0.717, 1.165) is 6.54 Å². The van der Waals surface area contributed by atoms with Crippen molar-refractivity contribution in [1.82, 2.24) is 17.0 Å². The van der Waals surface area contributed by atoms with Crippen molar-refractivity contribution >= 4 is 0 Å². The molecule has 8 heavy (non-hydrogen) atoms. The van der Waals surface area contributed by atoms with Gasteiger partial charge in [-0.15, -0.1) is 0 Å². The summed E-state index contributed by atoms with van der Waals surface area (Å²) in [5, 5.41) is 8.51. The summed E-state index contributed by atoms with van der Waals surface area (Å²) in [5.41, 5.74) is 5.35. The molecule has 0 aromatic carbocycles. The van der Waals surface area contributed by atoms with Crippen molar-refractivity contribution in [2.45, 2.75) is 20.1 Å². The van der Waals surface area contributed by atoms with Gasteiger partial charge < -0.3 is 11.3 Å². The van der Waals surface area contributed by atoms with E-state index in [2.05, 4.69) is 10.9 Å². The van der Waals surface area contributed by atoms with Gasteiger partial charge in [-0.1, -0.05) is 6.92 Å². The quantitative estimate of drug-likeness (QED) is 0.302. The molecule has 52 valence electrons. The first-order chi connectivity index (χ1) is 3.27. The molecule has 0 rings (SSSR count). The third-order valence-electron chi connectivity index (χ3n) is 0.488. The first-order valence-corrected chi connectivity index (χ1v) is 2.43. The van der Waals surface area contributed by atoms with Gasteiger partial charge in [0.2, 0.25) is 0 Å². The van der Waals surface area contributed by atoms with E-state index in [0.29, 0.717) is 0 Å². The van der Waals surface area contributed by atoms with Crippen molar-refractivity contribution in [3.8, 4) is 0 Å². The normalized spacial score (nSPS) is 12.4. The fraction of sp³-hybridized carbons (Fsp3) is 1.00. The zero-order chi connectivity index (χ0) is 5.70. The maximum Gasteiger partial charge on any atom is 0.114 e. The molecule has 0 fully saturated rings. The van der Waals surface area contributed by atoms with Crippen LogP contribution in [0.15, 0.2) is 0 Å². The number of nitrogens with one attached hydrogen (secondary N) is 2. The monoisotopic (exact) mass is 121 g/mol. The molecule has 0 amide bonds. The number of hydrogen-bond acceptors (Lipinski definition) is 4. The lowest BCUT2D eigenvalue weighted by Gasteiger charge is -2.04. The van der Waals surface area contributed by atoms with Crippen LogP contribution in [0, 0.1) is 0 Å². The SMILES string of the molecule is CCNNC(C)O.N. The standard InChI is InChI=1S/C4H12N2O.H3N/c1-3-5-6-4(2)7;/h4-7H,3H2,1-2H3;1H3. The van der Waals surface area contributed by atoms with Gasteiger partial charge in [0.15, 0.2) is 0 Å². The fourth-order valence-corrected chi connectivity index (χ4v) is 0.250. The molecule has 0 saturated carbocycles. The zero-order valence-electron chi connectivity index (χ0n) is 5.44. The van der Waals surface area contributed by atoms with Gasteiger partial charge in [0.25, 0.3) is 0 Å². The highest BCUT2D eigenvalue weighted by Crippen LogP contribution is 1.62. The Hall–Kier alpha value is -0.160. The Kier molecular flexibility index (Phi) is 9.20. The maximum atomic E-state index is 8.51. The summed E-state index contributed by atoms with van der Waals surface area (Å²) in [4.78, 5) is 0. The summed E-state index contributed by atoms with van der Waals surface area (Å²) in [7, 11) is 0. The molecular weight excluding hydrogens is 106 g/mol. The minimum absolute atomic E-state index is 0. The third kappa shape index (κ3) is 9.28. The topological polar surface area (TPSA) is 79.3 Å². The predicted octanol–water partition coefficient (Wildman–Crippen LogP) is -0.399. The van der Waals surface area contributed by atoms with Gasteiger partial charge in [0.1, 0.15) is 6.23 Å². The lowest BCUT2D eigenvalue weighted by atomic mass is 10.7. The molecule has 0 heterocycles. The Bertz CT molecular complexity index is 40.3. The van der Waals surface area contributed by atoms with Gasteiger partial charge in [-0.05, 0) is 6.92 Å². The van der Waals surface area contributed by atoms with Crippen molar-refractivity contribution in [3.05, 3.63) is 0 Å². The molecule has 0 aliphatic carbocycles. The minimum atomic E-state index is -0.458. The van der Waals surface area contributed by atoms with Crippen molar-refractivity contribution in [2.24, 2.45) is 0 Å². The summed E-state index contributed by atoms with van der Waals surface area (Å²) in [6.07, 6.45) is -0.458. The van der Waals surface area contributed by atoms with Crippen LogP contribution < -0.4 is 17.0 Å². The van der Waals surface area contributed by atoms with Crippen molar-refractivity contribution < 1.29 is 5.11 Å². The van der Waals surface area contributed by atoms with E-state index in [9.17, 15) is 0 Å². The first-order valence-electron chi connectivity index (χ1n) is 2.43. The van der Waals surface area contributed by atoms with Crippen LogP contribution in [0.4, 0.5) is 0 Å². The van der Waals surface area contributed by atoms with Crippen molar-refractivity contribution in [3.63, 3.8) is 0 Å². The van der Waals surface area contributed by atoms with E-state index < -0.39 is 6.23 Å². The second kappa shape index (κ2) is 6.84. The van der Waals surface area contributed by atoms with Crippen LogP contribution in [0.1, 0.15) is 13.8 Å². The average Bonchev–Trinajstić information content (AvgIpc) is 1.61. The molecule has 1 atom stereocenters. The van der Waals surface area contributed by atoms with Gasteiger partial charge in [0, 0.05) is 6.54 Å². The van der Waals surface area contributed by atoms with Gasteiger partial charge in [0.05, 0.1) is 0 Å². The summed E-state index contributed by atoms with van der Waals surface area (Å²) in [6, 6.07) is 0. The minimum Gasteiger partial charge on any atom is -0.378 e. The van der Waals surface area contributed by atoms with E-state index in [-0.39, 0.29) is 6.15 Å². The molecule has 0 aliphatic heterocycles. The lowest BCUT2D eigenvalue weighted by molar-refractivity contribution is 0.139. The van der Waals surface area contributed by atoms with Crippen LogP contribution in [0.2, 0.25) is 0 Å². The van der Waals surface area contributed by atoms with E-state index in [1.165, 1.54) is 0 Å². The summed E-state index contributed by atoms with van der Waals surface area (Å²) in [6.45, 7) is 4.43. The van der Waals surface area contributed by atoms with Gasteiger partial charge in [-0.3, -0.25) is 5.43 Å². The molecule has 0 aliphatic rings. The lowest BCUT2D eigenvalue weighted by Crippen LogP contribution is -2.38. The molecule has 4 heteroatoms. The molecular formula is C4H15N3O. The second-order valence-electron chi connectivity index (χ2n) is 1.35. The van der Waals surface area contributed by atoms with Crippen LogP contribution in [-0.2, 0) is 0 Å². The van der Waals surface area contributed by atoms with Crippen LogP contribution in [0.25, 0.3) is 0 Å². The highest BCUT2D eigenvalue weighted by atomic mass is 16.3. The number of rotatable bonds is 3. The van der Waals surface area contributed by atoms with Gasteiger partial charge in [-0.25, -0.2) is 5.43 Å². The highest BCUT2D eigenvalue weighted by molar-refractivity contribution is 4.33. The molecule has 0 saturated heterocycles. The van der Waals surface area contributed by atoms with Crippen LogP contribution in [-0.4, -0.2) is 17.9 Å². The largest absolute Gasteiger partial charge is 0.378 e. The average molecular weight is 121 g/mol. The smallest absolute Gasteiger partial charge is 0.114 e. The molecule has 0 aromatic heterocycles. The van der Waals surface area contributed by atoms with E-state index >= 15 is 0 Å². The molecule has 0 aromatic rings. The highest BCUT2D eigenvalue weighted by Gasteiger charge is 1.85.